The van der Waals surface area contributed by atoms with Crippen LogP contribution < -0.4 is 10.6 Å². The molecule has 0 aliphatic heterocycles. The van der Waals surface area contributed by atoms with Gasteiger partial charge in [-0.05, 0) is 48.2 Å². The summed E-state index contributed by atoms with van der Waals surface area (Å²) in [5.74, 6) is -1.28. The molecule has 0 bridgehead atoms. The van der Waals surface area contributed by atoms with Crippen molar-refractivity contribution in [2.75, 3.05) is 10.6 Å². The van der Waals surface area contributed by atoms with Crippen molar-refractivity contribution in [3.8, 4) is 10.6 Å². The van der Waals surface area contributed by atoms with Gasteiger partial charge < -0.3 is 15.4 Å². The molecule has 2 aromatic heterocycles. The van der Waals surface area contributed by atoms with Crippen LogP contribution in [0.4, 0.5) is 11.4 Å². The molecular formula is C26H24N4O4S. The fourth-order valence-electron chi connectivity index (χ4n) is 3.38. The van der Waals surface area contributed by atoms with Crippen LogP contribution in [0.25, 0.3) is 10.6 Å². The highest BCUT2D eigenvalue weighted by molar-refractivity contribution is 7.13. The molecule has 0 aliphatic rings. The van der Waals surface area contributed by atoms with Crippen LogP contribution in [0.3, 0.4) is 0 Å². The topological polar surface area (TPSA) is 102 Å². The molecule has 178 valence electrons. The number of nitrogens with zero attached hydrogens (tertiary/aromatic N) is 2. The summed E-state index contributed by atoms with van der Waals surface area (Å²) in [6, 6.07) is 20.2. The Morgan fingerprint density at radius 1 is 0.971 bits per heavy atom. The van der Waals surface area contributed by atoms with Gasteiger partial charge in [-0.2, -0.15) is 5.10 Å². The number of hydrogen-bond acceptors (Lipinski definition) is 6. The Bertz CT molecular complexity index is 1320. The minimum absolute atomic E-state index is 0.184. The Hall–Kier alpha value is -4.24. The summed E-state index contributed by atoms with van der Waals surface area (Å²) in [5.41, 5.74) is 2.99. The van der Waals surface area contributed by atoms with Gasteiger partial charge in [-0.15, -0.1) is 11.3 Å². The monoisotopic (exact) mass is 488 g/mol. The number of ether oxygens (including phenoxy) is 1. The summed E-state index contributed by atoms with van der Waals surface area (Å²) in [7, 11) is 0. The van der Waals surface area contributed by atoms with E-state index in [2.05, 4.69) is 15.7 Å². The molecule has 1 atom stereocenters. The Balaban J connectivity index is 1.46. The normalized spacial score (nSPS) is 11.5. The van der Waals surface area contributed by atoms with E-state index >= 15 is 0 Å². The zero-order valence-corrected chi connectivity index (χ0v) is 20.0. The van der Waals surface area contributed by atoms with E-state index in [4.69, 9.17) is 4.74 Å². The maximum atomic E-state index is 13.0. The standard InChI is InChI=1S/C26H24N4O4S/c1-17(25(32)28-21-12-10-20(11-13-21)27-18(2)31)34-26(33)22-16-30(15-19-7-4-3-5-8-19)29-24(22)23-9-6-14-35-23/h3-14,16-17H,15H2,1-2H3,(H,27,31)(H,28,32). The van der Waals surface area contributed by atoms with Crippen molar-refractivity contribution in [2.24, 2.45) is 0 Å². The van der Waals surface area contributed by atoms with E-state index in [-0.39, 0.29) is 5.91 Å². The molecule has 4 aromatic rings. The fourth-order valence-corrected chi connectivity index (χ4v) is 4.10. The summed E-state index contributed by atoms with van der Waals surface area (Å²) >= 11 is 1.47. The van der Waals surface area contributed by atoms with Gasteiger partial charge in [0.15, 0.2) is 6.10 Å². The van der Waals surface area contributed by atoms with Crippen LogP contribution in [0, 0.1) is 0 Å². The van der Waals surface area contributed by atoms with Crippen molar-refractivity contribution in [3.63, 3.8) is 0 Å². The number of thiophene rings is 1. The van der Waals surface area contributed by atoms with E-state index in [1.165, 1.54) is 25.2 Å². The average Bonchev–Trinajstić information content (AvgIpc) is 3.51. The molecule has 0 radical (unpaired) electrons. The van der Waals surface area contributed by atoms with Gasteiger partial charge in [0.2, 0.25) is 5.91 Å². The first kappa shape index (κ1) is 23.9. The van der Waals surface area contributed by atoms with Gasteiger partial charge in [-0.25, -0.2) is 4.79 Å². The van der Waals surface area contributed by atoms with Gasteiger partial charge in [0.25, 0.3) is 5.91 Å². The van der Waals surface area contributed by atoms with E-state index in [1.54, 1.807) is 35.1 Å². The number of esters is 1. The van der Waals surface area contributed by atoms with E-state index in [0.717, 1.165) is 10.4 Å². The molecule has 0 spiro atoms. The molecule has 0 saturated carbocycles. The summed E-state index contributed by atoms with van der Waals surface area (Å²) in [5, 5.41) is 11.9. The molecule has 1 unspecified atom stereocenters. The molecule has 0 saturated heterocycles. The molecular weight excluding hydrogens is 464 g/mol. The third-order valence-electron chi connectivity index (χ3n) is 5.05. The molecule has 0 fully saturated rings. The molecule has 9 heteroatoms. The smallest absolute Gasteiger partial charge is 0.342 e. The molecule has 35 heavy (non-hydrogen) atoms. The number of nitrogens with one attached hydrogen (secondary N) is 2. The predicted octanol–water partition coefficient (Wildman–Crippen LogP) is 4.80. The molecule has 0 aliphatic carbocycles. The highest BCUT2D eigenvalue weighted by atomic mass is 32.1. The zero-order valence-electron chi connectivity index (χ0n) is 19.2. The predicted molar refractivity (Wildman–Crippen MR) is 135 cm³/mol. The molecule has 8 nitrogen and oxygen atoms in total. The summed E-state index contributed by atoms with van der Waals surface area (Å²) in [6.07, 6.45) is 0.613. The molecule has 2 amide bonds. The van der Waals surface area contributed by atoms with Crippen LogP contribution in [0.15, 0.2) is 78.3 Å². The van der Waals surface area contributed by atoms with Crippen LogP contribution in [-0.4, -0.2) is 33.7 Å². The van der Waals surface area contributed by atoms with Crippen molar-refractivity contribution >= 4 is 40.5 Å². The lowest BCUT2D eigenvalue weighted by Crippen LogP contribution is -2.30. The first-order valence-electron chi connectivity index (χ1n) is 10.9. The van der Waals surface area contributed by atoms with Gasteiger partial charge in [-0.1, -0.05) is 36.4 Å². The summed E-state index contributed by atoms with van der Waals surface area (Å²) < 4.78 is 7.19. The maximum absolute atomic E-state index is 13.0. The van der Waals surface area contributed by atoms with E-state index < -0.39 is 18.0 Å². The zero-order chi connectivity index (χ0) is 24.8. The SMILES string of the molecule is CC(=O)Nc1ccc(NC(=O)C(C)OC(=O)c2cn(Cc3ccccc3)nc2-c2cccs2)cc1. The minimum atomic E-state index is -1.04. The number of anilines is 2. The minimum Gasteiger partial charge on any atom is -0.449 e. The Morgan fingerprint density at radius 2 is 1.66 bits per heavy atom. The molecule has 2 heterocycles. The van der Waals surface area contributed by atoms with Crippen LogP contribution in [0.1, 0.15) is 29.8 Å². The molecule has 4 rings (SSSR count). The second-order valence-electron chi connectivity index (χ2n) is 7.85. The summed E-state index contributed by atoms with van der Waals surface area (Å²) in [6.45, 7) is 3.43. The van der Waals surface area contributed by atoms with Crippen molar-refractivity contribution in [1.29, 1.82) is 0 Å². The lowest BCUT2D eigenvalue weighted by molar-refractivity contribution is -0.123. The van der Waals surface area contributed by atoms with E-state index in [9.17, 15) is 14.4 Å². The quantitative estimate of drug-likeness (QED) is 0.347. The second-order valence-corrected chi connectivity index (χ2v) is 8.79. The average molecular weight is 489 g/mol. The largest absolute Gasteiger partial charge is 0.449 e. The van der Waals surface area contributed by atoms with Crippen LogP contribution in [0.2, 0.25) is 0 Å². The van der Waals surface area contributed by atoms with Crippen molar-refractivity contribution in [3.05, 3.63) is 89.4 Å². The van der Waals surface area contributed by atoms with Gasteiger partial charge in [0.1, 0.15) is 11.3 Å². The van der Waals surface area contributed by atoms with Gasteiger partial charge in [0, 0.05) is 24.5 Å². The van der Waals surface area contributed by atoms with Crippen molar-refractivity contribution < 1.29 is 19.1 Å². The highest BCUT2D eigenvalue weighted by Gasteiger charge is 2.24. The first-order chi connectivity index (χ1) is 16.9. The van der Waals surface area contributed by atoms with Crippen molar-refractivity contribution in [1.82, 2.24) is 9.78 Å². The number of benzene rings is 2. The lowest BCUT2D eigenvalue weighted by atomic mass is 10.2. The third-order valence-corrected chi connectivity index (χ3v) is 5.93. The van der Waals surface area contributed by atoms with Gasteiger partial charge >= 0.3 is 5.97 Å². The lowest BCUT2D eigenvalue weighted by Gasteiger charge is -2.13. The van der Waals surface area contributed by atoms with Gasteiger partial charge in [0.05, 0.1) is 11.4 Å². The van der Waals surface area contributed by atoms with Crippen LogP contribution >= 0.6 is 11.3 Å². The number of carbonyl (C=O) groups excluding carboxylic acids is 3. The van der Waals surface area contributed by atoms with Gasteiger partial charge in [-0.3, -0.25) is 14.3 Å². The number of carbonyl (C=O) groups is 3. The number of amides is 2. The third kappa shape index (κ3) is 6.21. The second kappa shape index (κ2) is 10.8. The summed E-state index contributed by atoms with van der Waals surface area (Å²) in [4.78, 5) is 37.7. The fraction of sp³-hybridized carbons (Fsp3) is 0.154. The highest BCUT2D eigenvalue weighted by Crippen LogP contribution is 2.28. The van der Waals surface area contributed by atoms with E-state index in [1.807, 2.05) is 47.8 Å². The molecule has 2 N–H and O–H groups in total. The molecule has 2 aromatic carbocycles. The Kier molecular flexibility index (Phi) is 7.37. The van der Waals surface area contributed by atoms with Crippen LogP contribution in [0.5, 0.6) is 0 Å². The number of aromatic nitrogens is 2. The number of rotatable bonds is 8. The van der Waals surface area contributed by atoms with Crippen molar-refractivity contribution in [2.45, 2.75) is 26.5 Å². The maximum Gasteiger partial charge on any atom is 0.342 e. The van der Waals surface area contributed by atoms with Crippen LogP contribution in [-0.2, 0) is 20.9 Å². The van der Waals surface area contributed by atoms with E-state index in [0.29, 0.717) is 29.2 Å². The first-order valence-corrected chi connectivity index (χ1v) is 11.8. The Labute approximate surface area is 206 Å². The number of hydrogen-bond donors (Lipinski definition) is 2. The Morgan fingerprint density at radius 3 is 2.29 bits per heavy atom.